The molecule has 1 unspecified atom stereocenters. The minimum Gasteiger partial charge on any atom is -0.463 e. The number of amides is 2. The van der Waals surface area contributed by atoms with Crippen LogP contribution in [0.15, 0.2) is 59.8 Å². The van der Waals surface area contributed by atoms with Gasteiger partial charge in [0.15, 0.2) is 0 Å². The third-order valence-electron chi connectivity index (χ3n) is 6.02. The molecular formula is C25H29ClN4O3. The van der Waals surface area contributed by atoms with Crippen molar-refractivity contribution in [3.05, 3.63) is 76.0 Å². The smallest absolute Gasteiger partial charge is 0.338 e. The Labute approximate surface area is 199 Å². The van der Waals surface area contributed by atoms with E-state index in [2.05, 4.69) is 51.6 Å². The number of carbonyl (C=O) groups excluding carboxylic acids is 2. The summed E-state index contributed by atoms with van der Waals surface area (Å²) in [4.78, 5) is 30.1. The summed E-state index contributed by atoms with van der Waals surface area (Å²) in [6.07, 6.45) is 0. The normalized spacial score (nSPS) is 19.2. The Morgan fingerprint density at radius 3 is 2.45 bits per heavy atom. The van der Waals surface area contributed by atoms with Crippen molar-refractivity contribution in [1.82, 2.24) is 15.5 Å². The van der Waals surface area contributed by atoms with Crippen molar-refractivity contribution in [3.63, 3.8) is 0 Å². The van der Waals surface area contributed by atoms with Gasteiger partial charge in [0.25, 0.3) is 0 Å². The Morgan fingerprint density at radius 2 is 1.79 bits per heavy atom. The molecule has 7 nitrogen and oxygen atoms in total. The van der Waals surface area contributed by atoms with E-state index in [4.69, 9.17) is 16.3 Å². The number of ether oxygens (including phenoxy) is 1. The zero-order chi connectivity index (χ0) is 23.4. The zero-order valence-electron chi connectivity index (χ0n) is 18.9. The molecule has 0 aromatic heterocycles. The van der Waals surface area contributed by atoms with Gasteiger partial charge in [-0.25, -0.2) is 9.59 Å². The molecule has 2 aromatic carbocycles. The minimum absolute atomic E-state index is 0.244. The molecule has 4 rings (SSSR count). The van der Waals surface area contributed by atoms with Crippen LogP contribution in [0.4, 0.5) is 10.5 Å². The fraction of sp³-hybridized carbons (Fsp3) is 0.360. The van der Waals surface area contributed by atoms with Gasteiger partial charge in [0.05, 0.1) is 18.2 Å². The van der Waals surface area contributed by atoms with Crippen molar-refractivity contribution in [2.24, 2.45) is 0 Å². The second-order valence-corrected chi connectivity index (χ2v) is 8.67. The van der Waals surface area contributed by atoms with Crippen LogP contribution in [-0.2, 0) is 9.53 Å². The largest absolute Gasteiger partial charge is 0.463 e. The predicted molar refractivity (Wildman–Crippen MR) is 129 cm³/mol. The first-order valence-electron chi connectivity index (χ1n) is 11.2. The molecule has 174 valence electrons. The van der Waals surface area contributed by atoms with E-state index in [1.807, 2.05) is 18.2 Å². The topological polar surface area (TPSA) is 73.9 Å². The van der Waals surface area contributed by atoms with E-state index in [1.165, 1.54) is 11.3 Å². The van der Waals surface area contributed by atoms with E-state index < -0.39 is 12.0 Å². The Hall–Kier alpha value is -3.03. The quantitative estimate of drug-likeness (QED) is 0.633. The van der Waals surface area contributed by atoms with Gasteiger partial charge >= 0.3 is 12.0 Å². The van der Waals surface area contributed by atoms with Crippen molar-refractivity contribution in [2.45, 2.75) is 19.9 Å². The van der Waals surface area contributed by atoms with Crippen molar-refractivity contribution in [1.29, 1.82) is 0 Å². The van der Waals surface area contributed by atoms with Crippen LogP contribution in [0.1, 0.15) is 24.1 Å². The molecular weight excluding hydrogens is 440 g/mol. The van der Waals surface area contributed by atoms with E-state index in [0.717, 1.165) is 26.2 Å². The monoisotopic (exact) mass is 468 g/mol. The van der Waals surface area contributed by atoms with Gasteiger partial charge in [0.2, 0.25) is 0 Å². The standard InChI is InChI=1S/C25H29ClN4O3/c1-3-33-24(31)22-21(27-25(32)28-23(22)19-6-4-5-7-20(19)26)16-29-12-14-30(15-13-29)18-10-8-17(2)9-11-18/h4-11,23H,3,12-16H2,1-2H3,(H2,27,28,32). The summed E-state index contributed by atoms with van der Waals surface area (Å²) >= 11 is 6.41. The Morgan fingerprint density at radius 1 is 1.09 bits per heavy atom. The van der Waals surface area contributed by atoms with E-state index in [-0.39, 0.29) is 12.6 Å². The average molecular weight is 469 g/mol. The molecule has 2 N–H and O–H groups in total. The molecule has 0 radical (unpaired) electrons. The van der Waals surface area contributed by atoms with Crippen molar-refractivity contribution < 1.29 is 14.3 Å². The van der Waals surface area contributed by atoms with Gasteiger partial charge in [-0.1, -0.05) is 47.5 Å². The summed E-state index contributed by atoms with van der Waals surface area (Å²) in [5.74, 6) is -0.455. The fourth-order valence-corrected chi connectivity index (χ4v) is 4.52. The number of halogens is 1. The molecule has 2 amide bonds. The third kappa shape index (κ3) is 5.31. The van der Waals surface area contributed by atoms with Gasteiger partial charge in [-0.3, -0.25) is 4.90 Å². The highest BCUT2D eigenvalue weighted by atomic mass is 35.5. The molecule has 0 spiro atoms. The number of carbonyl (C=O) groups is 2. The van der Waals surface area contributed by atoms with Crippen LogP contribution in [0.3, 0.4) is 0 Å². The number of hydrogen-bond acceptors (Lipinski definition) is 5. The molecule has 0 bridgehead atoms. The fourth-order valence-electron chi connectivity index (χ4n) is 4.28. The maximum absolute atomic E-state index is 13.0. The van der Waals surface area contributed by atoms with E-state index in [9.17, 15) is 9.59 Å². The summed E-state index contributed by atoms with van der Waals surface area (Å²) in [5, 5.41) is 6.18. The third-order valence-corrected chi connectivity index (χ3v) is 6.36. The number of nitrogens with zero attached hydrogens (tertiary/aromatic N) is 2. The summed E-state index contributed by atoms with van der Waals surface area (Å²) in [5.41, 5.74) is 4.07. The molecule has 8 heteroatoms. The molecule has 1 saturated heterocycles. The zero-order valence-corrected chi connectivity index (χ0v) is 19.7. The number of anilines is 1. The van der Waals surface area contributed by atoms with Gasteiger partial charge in [-0.05, 0) is 37.6 Å². The predicted octanol–water partition coefficient (Wildman–Crippen LogP) is 3.64. The summed E-state index contributed by atoms with van der Waals surface area (Å²) in [7, 11) is 0. The molecule has 1 fully saturated rings. The second-order valence-electron chi connectivity index (χ2n) is 8.26. The van der Waals surface area contributed by atoms with Gasteiger partial charge in [-0.15, -0.1) is 0 Å². The summed E-state index contributed by atoms with van der Waals surface area (Å²) in [6, 6.07) is 14.7. The van der Waals surface area contributed by atoms with E-state index in [0.29, 0.717) is 28.4 Å². The number of rotatable bonds is 6. The van der Waals surface area contributed by atoms with Crippen molar-refractivity contribution >= 4 is 29.3 Å². The molecule has 33 heavy (non-hydrogen) atoms. The van der Waals surface area contributed by atoms with E-state index in [1.54, 1.807) is 13.0 Å². The lowest BCUT2D eigenvalue weighted by molar-refractivity contribution is -0.139. The maximum atomic E-state index is 13.0. The lowest BCUT2D eigenvalue weighted by atomic mass is 9.94. The van der Waals surface area contributed by atoms with Crippen molar-refractivity contribution in [2.75, 3.05) is 44.2 Å². The highest BCUT2D eigenvalue weighted by Crippen LogP contribution is 2.32. The molecule has 0 aliphatic carbocycles. The van der Waals surface area contributed by atoms with Gasteiger partial charge in [0.1, 0.15) is 0 Å². The average Bonchev–Trinajstić information content (AvgIpc) is 2.80. The van der Waals surface area contributed by atoms with Crippen LogP contribution in [0.25, 0.3) is 0 Å². The van der Waals surface area contributed by atoms with Gasteiger partial charge in [-0.2, -0.15) is 0 Å². The lowest BCUT2D eigenvalue weighted by Gasteiger charge is -2.38. The Kier molecular flexibility index (Phi) is 7.20. The summed E-state index contributed by atoms with van der Waals surface area (Å²) in [6.45, 7) is 7.90. The molecule has 2 heterocycles. The Bertz CT molecular complexity index is 1050. The number of aryl methyl sites for hydroxylation is 1. The molecule has 2 aromatic rings. The van der Waals surface area contributed by atoms with Gasteiger partial charge < -0.3 is 20.3 Å². The maximum Gasteiger partial charge on any atom is 0.338 e. The molecule has 0 saturated carbocycles. The van der Waals surface area contributed by atoms with Crippen LogP contribution in [0, 0.1) is 6.92 Å². The molecule has 2 aliphatic heterocycles. The SMILES string of the molecule is CCOC(=O)C1=C(CN2CCN(c3ccc(C)cc3)CC2)NC(=O)NC1c1ccccc1Cl. The molecule has 1 atom stereocenters. The second kappa shape index (κ2) is 10.3. The number of piperazine rings is 1. The number of esters is 1. The van der Waals surface area contributed by atoms with Crippen LogP contribution < -0.4 is 15.5 Å². The first-order chi connectivity index (χ1) is 16.0. The van der Waals surface area contributed by atoms with E-state index >= 15 is 0 Å². The number of urea groups is 1. The van der Waals surface area contributed by atoms with Crippen LogP contribution in [-0.4, -0.2) is 56.2 Å². The van der Waals surface area contributed by atoms with Gasteiger partial charge in [0, 0.05) is 49.1 Å². The number of nitrogens with one attached hydrogen (secondary N) is 2. The minimum atomic E-state index is -0.671. The molecule has 2 aliphatic rings. The first-order valence-corrected chi connectivity index (χ1v) is 11.6. The Balaban J connectivity index is 1.56. The van der Waals surface area contributed by atoms with Crippen LogP contribution in [0.2, 0.25) is 5.02 Å². The lowest BCUT2D eigenvalue weighted by Crippen LogP contribution is -2.51. The summed E-state index contributed by atoms with van der Waals surface area (Å²) < 4.78 is 5.35. The highest BCUT2D eigenvalue weighted by molar-refractivity contribution is 6.31. The van der Waals surface area contributed by atoms with Crippen LogP contribution >= 0.6 is 11.6 Å². The number of hydrogen-bond donors (Lipinski definition) is 2. The van der Waals surface area contributed by atoms with Crippen molar-refractivity contribution in [3.8, 4) is 0 Å². The van der Waals surface area contributed by atoms with Crippen LogP contribution in [0.5, 0.6) is 0 Å². The number of benzene rings is 2. The highest BCUT2D eigenvalue weighted by Gasteiger charge is 2.35. The first kappa shape index (κ1) is 23.1.